The largest absolute Gasteiger partial charge is 0.384 e. The van der Waals surface area contributed by atoms with E-state index in [1.54, 1.807) is 19.2 Å². The summed E-state index contributed by atoms with van der Waals surface area (Å²) < 4.78 is 5.07. The van der Waals surface area contributed by atoms with Crippen LogP contribution in [0.4, 0.5) is 11.5 Å². The lowest BCUT2D eigenvalue weighted by Crippen LogP contribution is -2.15. The van der Waals surface area contributed by atoms with Crippen LogP contribution in [0.25, 0.3) is 0 Å². The highest BCUT2D eigenvalue weighted by Gasteiger charge is 2.09. The van der Waals surface area contributed by atoms with E-state index in [2.05, 4.69) is 15.7 Å². The van der Waals surface area contributed by atoms with E-state index in [9.17, 15) is 4.79 Å². The molecular weight excluding hydrogens is 268 g/mol. The third kappa shape index (κ3) is 4.01. The Morgan fingerprint density at radius 1 is 1.29 bits per heavy atom. The molecule has 1 heterocycles. The minimum absolute atomic E-state index is 0.212. The number of para-hydroxylation sites is 1. The lowest BCUT2D eigenvalue weighted by Gasteiger charge is -2.11. The second-order valence-corrected chi connectivity index (χ2v) is 4.43. The monoisotopic (exact) mass is 286 g/mol. The number of nitrogens with zero attached hydrogens (tertiary/aromatic N) is 1. The Morgan fingerprint density at radius 2 is 2.10 bits per heavy atom. The summed E-state index contributed by atoms with van der Waals surface area (Å²) in [5.74, 6) is 5.54. The van der Waals surface area contributed by atoms with Gasteiger partial charge in [-0.25, -0.2) is 10.8 Å². The van der Waals surface area contributed by atoms with Crippen molar-refractivity contribution in [2.24, 2.45) is 5.84 Å². The molecule has 1 aromatic carbocycles. The number of nitrogens with one attached hydrogen (secondary N) is 2. The first-order valence-corrected chi connectivity index (χ1v) is 6.55. The Kier molecular flexibility index (Phi) is 5.25. The second kappa shape index (κ2) is 7.37. The molecule has 0 unspecified atom stereocenters. The summed E-state index contributed by atoms with van der Waals surface area (Å²) in [5.41, 5.74) is 4.69. The van der Waals surface area contributed by atoms with Gasteiger partial charge in [0.15, 0.2) is 0 Å². The number of methoxy groups -OCH3 is 1. The molecule has 2 aromatic rings. The molecular formula is C15H18N4O2. The average molecular weight is 286 g/mol. The molecule has 6 nitrogen and oxygen atoms in total. The van der Waals surface area contributed by atoms with Crippen molar-refractivity contribution in [3.8, 4) is 0 Å². The van der Waals surface area contributed by atoms with Gasteiger partial charge in [-0.1, -0.05) is 18.2 Å². The number of aromatic nitrogens is 1. The number of anilines is 2. The van der Waals surface area contributed by atoms with Crippen LogP contribution in [0, 0.1) is 0 Å². The van der Waals surface area contributed by atoms with Crippen molar-refractivity contribution in [2.75, 3.05) is 24.5 Å². The minimum atomic E-state index is -0.212. The average Bonchev–Trinajstić information content (AvgIpc) is 2.54. The maximum Gasteiger partial charge on any atom is 0.257 e. The van der Waals surface area contributed by atoms with E-state index in [0.29, 0.717) is 18.0 Å². The number of amides is 1. The van der Waals surface area contributed by atoms with Gasteiger partial charge in [-0.15, -0.1) is 0 Å². The molecule has 1 aromatic heterocycles. The molecule has 0 atom stereocenters. The summed E-state index contributed by atoms with van der Waals surface area (Å²) in [7, 11) is 1.65. The summed E-state index contributed by atoms with van der Waals surface area (Å²) in [6.45, 7) is 0.602. The molecule has 110 valence electrons. The van der Waals surface area contributed by atoms with Crippen molar-refractivity contribution in [1.29, 1.82) is 0 Å². The molecule has 21 heavy (non-hydrogen) atoms. The second-order valence-electron chi connectivity index (χ2n) is 4.43. The van der Waals surface area contributed by atoms with Gasteiger partial charge in [0.2, 0.25) is 0 Å². The van der Waals surface area contributed by atoms with Gasteiger partial charge in [-0.2, -0.15) is 0 Å². The maximum absolute atomic E-state index is 12.2. The summed E-state index contributed by atoms with van der Waals surface area (Å²) in [6, 6.07) is 11.0. The molecule has 0 bridgehead atoms. The minimum Gasteiger partial charge on any atom is -0.384 e. The van der Waals surface area contributed by atoms with Gasteiger partial charge in [0.25, 0.3) is 5.91 Å². The predicted molar refractivity (Wildman–Crippen MR) is 82.0 cm³/mol. The molecule has 0 radical (unpaired) electrons. The Bertz CT molecular complexity index is 599. The lowest BCUT2D eigenvalue weighted by molar-refractivity contribution is 0.102. The van der Waals surface area contributed by atoms with Crippen LogP contribution in [0.5, 0.6) is 0 Å². The number of benzene rings is 1. The van der Waals surface area contributed by atoms with Crippen LogP contribution in [-0.4, -0.2) is 24.6 Å². The van der Waals surface area contributed by atoms with E-state index in [1.807, 2.05) is 24.3 Å². The standard InChI is InChI=1S/C15H18N4O2/c1-21-9-8-11-4-2-3-5-13(11)18-15(20)12-6-7-14(19-16)17-10-12/h2-7,10H,8-9,16H2,1H3,(H,17,19)(H,18,20). The van der Waals surface area contributed by atoms with Gasteiger partial charge in [-0.3, -0.25) is 4.79 Å². The smallest absolute Gasteiger partial charge is 0.257 e. The topological polar surface area (TPSA) is 89.3 Å². The molecule has 6 heteroatoms. The van der Waals surface area contributed by atoms with Gasteiger partial charge in [-0.05, 0) is 30.2 Å². The highest BCUT2D eigenvalue weighted by atomic mass is 16.5. The van der Waals surface area contributed by atoms with E-state index in [1.165, 1.54) is 6.20 Å². The number of nitrogens with two attached hydrogens (primary N) is 1. The van der Waals surface area contributed by atoms with Crippen LogP contribution in [0.3, 0.4) is 0 Å². The zero-order chi connectivity index (χ0) is 15.1. The number of carbonyl (C=O) groups excluding carboxylic acids is 1. The van der Waals surface area contributed by atoms with Crippen LogP contribution >= 0.6 is 0 Å². The van der Waals surface area contributed by atoms with Crippen LogP contribution in [0.2, 0.25) is 0 Å². The number of hydrazine groups is 1. The van der Waals surface area contributed by atoms with Gasteiger partial charge in [0.05, 0.1) is 12.2 Å². The highest BCUT2D eigenvalue weighted by Crippen LogP contribution is 2.17. The fourth-order valence-electron chi connectivity index (χ4n) is 1.88. The first-order chi connectivity index (χ1) is 10.2. The molecule has 4 N–H and O–H groups in total. The molecule has 0 fully saturated rings. The molecule has 0 aliphatic rings. The van der Waals surface area contributed by atoms with E-state index in [4.69, 9.17) is 10.6 Å². The molecule has 0 saturated heterocycles. The van der Waals surface area contributed by atoms with Gasteiger partial charge >= 0.3 is 0 Å². The summed E-state index contributed by atoms with van der Waals surface area (Å²) >= 11 is 0. The Balaban J connectivity index is 2.11. The van der Waals surface area contributed by atoms with Crippen molar-refractivity contribution >= 4 is 17.4 Å². The number of rotatable bonds is 6. The SMILES string of the molecule is COCCc1ccccc1NC(=O)c1ccc(NN)nc1. The third-order valence-electron chi connectivity index (χ3n) is 3.01. The van der Waals surface area contributed by atoms with Gasteiger partial charge in [0, 0.05) is 19.0 Å². The quantitative estimate of drug-likeness (QED) is 0.556. The predicted octanol–water partition coefficient (Wildman–Crippen LogP) is 1.81. The fraction of sp³-hybridized carbons (Fsp3) is 0.200. The van der Waals surface area contributed by atoms with Crippen molar-refractivity contribution < 1.29 is 9.53 Å². The molecule has 0 aliphatic heterocycles. The van der Waals surface area contributed by atoms with Gasteiger partial charge in [0.1, 0.15) is 5.82 Å². The van der Waals surface area contributed by atoms with E-state index < -0.39 is 0 Å². The van der Waals surface area contributed by atoms with E-state index in [0.717, 1.165) is 17.7 Å². The molecule has 0 spiro atoms. The van der Waals surface area contributed by atoms with Crippen LogP contribution in [-0.2, 0) is 11.2 Å². The van der Waals surface area contributed by atoms with Crippen molar-refractivity contribution in [1.82, 2.24) is 4.98 Å². The van der Waals surface area contributed by atoms with Crippen molar-refractivity contribution in [2.45, 2.75) is 6.42 Å². The lowest BCUT2D eigenvalue weighted by atomic mass is 10.1. The normalized spacial score (nSPS) is 10.2. The zero-order valence-electron chi connectivity index (χ0n) is 11.8. The van der Waals surface area contributed by atoms with Crippen LogP contribution in [0.1, 0.15) is 15.9 Å². The van der Waals surface area contributed by atoms with E-state index in [-0.39, 0.29) is 5.91 Å². The Morgan fingerprint density at radius 3 is 2.76 bits per heavy atom. The number of hydrogen-bond donors (Lipinski definition) is 3. The van der Waals surface area contributed by atoms with Crippen LogP contribution < -0.4 is 16.6 Å². The number of nitrogen functional groups attached to an aromatic ring is 1. The number of hydrogen-bond acceptors (Lipinski definition) is 5. The first kappa shape index (κ1) is 15.0. The fourth-order valence-corrected chi connectivity index (χ4v) is 1.88. The molecule has 1 amide bonds. The van der Waals surface area contributed by atoms with Crippen molar-refractivity contribution in [3.05, 3.63) is 53.7 Å². The van der Waals surface area contributed by atoms with Crippen molar-refractivity contribution in [3.63, 3.8) is 0 Å². The van der Waals surface area contributed by atoms with E-state index >= 15 is 0 Å². The summed E-state index contributed by atoms with van der Waals surface area (Å²) in [4.78, 5) is 16.2. The first-order valence-electron chi connectivity index (χ1n) is 6.55. The molecule has 0 aliphatic carbocycles. The molecule has 0 saturated carbocycles. The summed E-state index contributed by atoms with van der Waals surface area (Å²) in [6.07, 6.45) is 2.21. The number of ether oxygens (including phenoxy) is 1. The maximum atomic E-state index is 12.2. The zero-order valence-corrected chi connectivity index (χ0v) is 11.8. The Labute approximate surface area is 123 Å². The van der Waals surface area contributed by atoms with Gasteiger partial charge < -0.3 is 15.5 Å². The molecule has 2 rings (SSSR count). The third-order valence-corrected chi connectivity index (χ3v) is 3.01. The Hall–Kier alpha value is -2.44. The highest BCUT2D eigenvalue weighted by molar-refractivity contribution is 6.04. The van der Waals surface area contributed by atoms with Crippen LogP contribution in [0.15, 0.2) is 42.6 Å². The number of carbonyl (C=O) groups is 1. The number of pyridine rings is 1. The summed E-state index contributed by atoms with van der Waals surface area (Å²) in [5, 5.41) is 2.89.